The number of sulfonamides is 1. The molecule has 1 amide bonds. The van der Waals surface area contributed by atoms with Crippen molar-refractivity contribution < 1.29 is 17.9 Å². The lowest BCUT2D eigenvalue weighted by Gasteiger charge is -2.36. The summed E-state index contributed by atoms with van der Waals surface area (Å²) in [6.07, 6.45) is 2.22. The molecule has 1 unspecified atom stereocenters. The highest BCUT2D eigenvalue weighted by Gasteiger charge is 2.30. The van der Waals surface area contributed by atoms with Crippen LogP contribution in [0.4, 0.5) is 4.79 Å². The van der Waals surface area contributed by atoms with E-state index in [0.29, 0.717) is 11.6 Å². The average molecular weight is 438 g/mol. The molecule has 2 N–H and O–H groups in total. The van der Waals surface area contributed by atoms with Gasteiger partial charge in [-0.25, -0.2) is 18.6 Å². The zero-order chi connectivity index (χ0) is 20.2. The lowest BCUT2D eigenvalue weighted by molar-refractivity contribution is 0.00985. The topological polar surface area (TPSA) is 87.7 Å². The summed E-state index contributed by atoms with van der Waals surface area (Å²) in [5.41, 5.74) is 2.12. The monoisotopic (exact) mass is 437 g/mol. The van der Waals surface area contributed by atoms with Gasteiger partial charge in [0.25, 0.3) is 10.0 Å². The van der Waals surface area contributed by atoms with Crippen molar-refractivity contribution in [3.8, 4) is 0 Å². The molecule has 0 aromatic heterocycles. The second kappa shape index (κ2) is 8.96. The van der Waals surface area contributed by atoms with E-state index in [4.69, 9.17) is 27.9 Å². The molecule has 0 saturated carbocycles. The summed E-state index contributed by atoms with van der Waals surface area (Å²) < 4.78 is 30.2. The lowest BCUT2D eigenvalue weighted by Crippen LogP contribution is -2.52. The normalized spacial score (nSPS) is 18.4. The van der Waals surface area contributed by atoms with Crippen molar-refractivity contribution in [3.63, 3.8) is 0 Å². The van der Waals surface area contributed by atoms with E-state index in [0.717, 1.165) is 19.3 Å². The predicted octanol–water partition coefficient (Wildman–Crippen LogP) is 3.57. The number of amides is 1. The van der Waals surface area contributed by atoms with Gasteiger partial charge < -0.3 is 9.64 Å². The molecule has 27 heavy (non-hydrogen) atoms. The molecule has 0 bridgehead atoms. The van der Waals surface area contributed by atoms with Crippen molar-refractivity contribution in [2.45, 2.75) is 56.6 Å². The third-order valence-electron chi connectivity index (χ3n) is 3.98. The Morgan fingerprint density at radius 3 is 2.63 bits per heavy atom. The number of carbonyl (C=O) groups is 1. The van der Waals surface area contributed by atoms with Crippen LogP contribution < -0.4 is 10.3 Å². The smallest absolute Gasteiger partial charge is 0.410 e. The van der Waals surface area contributed by atoms with Gasteiger partial charge in [0.1, 0.15) is 10.5 Å². The fourth-order valence-corrected chi connectivity index (χ4v) is 4.44. The molecule has 2 rings (SSSR count). The van der Waals surface area contributed by atoms with Crippen molar-refractivity contribution in [2.75, 3.05) is 13.1 Å². The quantitative estimate of drug-likeness (QED) is 0.687. The summed E-state index contributed by atoms with van der Waals surface area (Å²) in [5, 5.41) is 0.381. The molecule has 1 atom stereocenters. The van der Waals surface area contributed by atoms with Crippen LogP contribution >= 0.6 is 23.2 Å². The van der Waals surface area contributed by atoms with Crippen LogP contribution in [0.3, 0.4) is 0 Å². The van der Waals surface area contributed by atoms with Gasteiger partial charge in [-0.05, 0) is 58.2 Å². The number of nitrogens with zero attached hydrogens (tertiary/aromatic N) is 1. The molecule has 1 aliphatic heterocycles. The van der Waals surface area contributed by atoms with Crippen LogP contribution in [0.1, 0.15) is 40.0 Å². The van der Waals surface area contributed by atoms with E-state index < -0.39 is 21.7 Å². The number of carbonyl (C=O) groups excluding carboxylic acids is 1. The van der Waals surface area contributed by atoms with Crippen LogP contribution in [-0.4, -0.2) is 44.1 Å². The number of rotatable bonds is 5. The number of hydrogen-bond acceptors (Lipinski definition) is 5. The van der Waals surface area contributed by atoms with Crippen molar-refractivity contribution in [3.05, 3.63) is 28.2 Å². The Balaban J connectivity index is 1.98. The van der Waals surface area contributed by atoms with E-state index in [9.17, 15) is 13.2 Å². The van der Waals surface area contributed by atoms with Crippen molar-refractivity contribution in [1.29, 1.82) is 0 Å². The second-order valence-corrected chi connectivity index (χ2v) is 9.88. The van der Waals surface area contributed by atoms with Gasteiger partial charge in [0.05, 0.1) is 5.02 Å². The zero-order valence-electron chi connectivity index (χ0n) is 15.6. The fourth-order valence-electron chi connectivity index (χ4n) is 2.78. The molecule has 0 aliphatic carbocycles. The van der Waals surface area contributed by atoms with Gasteiger partial charge in [-0.3, -0.25) is 0 Å². The van der Waals surface area contributed by atoms with Gasteiger partial charge >= 0.3 is 6.09 Å². The maximum Gasteiger partial charge on any atom is 0.410 e. The summed E-state index contributed by atoms with van der Waals surface area (Å²) in [5.74, 6) is 0. The summed E-state index contributed by atoms with van der Waals surface area (Å²) >= 11 is 11.8. The number of ether oxygens (including phenoxy) is 1. The molecule has 152 valence electrons. The minimum absolute atomic E-state index is 0.0323. The van der Waals surface area contributed by atoms with E-state index in [1.807, 2.05) is 20.8 Å². The molecule has 1 aromatic carbocycles. The van der Waals surface area contributed by atoms with E-state index in [2.05, 4.69) is 10.3 Å². The molecule has 0 radical (unpaired) electrons. The maximum absolute atomic E-state index is 12.4. The Morgan fingerprint density at radius 1 is 1.30 bits per heavy atom. The van der Waals surface area contributed by atoms with Crippen LogP contribution in [0.2, 0.25) is 10.0 Å². The van der Waals surface area contributed by atoms with Crippen LogP contribution in [0.25, 0.3) is 0 Å². The SMILES string of the molecule is CC(C)(C)OC(=O)N1CCCCC1CNNS(=O)(=O)c1ccc(Cl)cc1Cl. The Hall–Kier alpha value is -1.06. The molecule has 1 aromatic rings. The number of nitrogens with one attached hydrogen (secondary N) is 2. The second-order valence-electron chi connectivity index (χ2n) is 7.38. The first kappa shape index (κ1) is 22.2. The van der Waals surface area contributed by atoms with Crippen LogP contribution in [0.5, 0.6) is 0 Å². The molecule has 1 aliphatic rings. The summed E-state index contributed by atoms with van der Waals surface area (Å²) in [6.45, 7) is 6.27. The van der Waals surface area contributed by atoms with E-state index in [1.165, 1.54) is 18.2 Å². The predicted molar refractivity (Wildman–Crippen MR) is 105 cm³/mol. The van der Waals surface area contributed by atoms with E-state index in [1.54, 1.807) is 4.90 Å². The summed E-state index contributed by atoms with van der Waals surface area (Å²) in [6, 6.07) is 3.98. The van der Waals surface area contributed by atoms with Crippen LogP contribution in [-0.2, 0) is 14.8 Å². The van der Waals surface area contributed by atoms with Gasteiger partial charge in [0.15, 0.2) is 0 Å². The first-order chi connectivity index (χ1) is 12.5. The summed E-state index contributed by atoms with van der Waals surface area (Å²) in [7, 11) is -3.86. The highest BCUT2D eigenvalue weighted by atomic mass is 35.5. The van der Waals surface area contributed by atoms with Gasteiger partial charge in [0, 0.05) is 24.2 Å². The van der Waals surface area contributed by atoms with Gasteiger partial charge in [-0.15, -0.1) is 4.83 Å². The number of hydrazine groups is 1. The standard InChI is InChI=1S/C17H25Cl2N3O4S/c1-17(2,3)26-16(23)22-9-5-4-6-13(22)11-20-21-27(24,25)15-8-7-12(18)10-14(15)19/h7-8,10,13,20-21H,4-6,9,11H2,1-3H3. The van der Waals surface area contributed by atoms with E-state index in [-0.39, 0.29) is 22.5 Å². The van der Waals surface area contributed by atoms with Gasteiger partial charge in [-0.2, -0.15) is 0 Å². The summed E-state index contributed by atoms with van der Waals surface area (Å²) in [4.78, 5) is 16.3. The number of halogens is 2. The van der Waals surface area contributed by atoms with Crippen LogP contribution in [0, 0.1) is 0 Å². The molecule has 0 spiro atoms. The molecular formula is C17H25Cl2N3O4S. The van der Waals surface area contributed by atoms with Crippen molar-refractivity contribution in [1.82, 2.24) is 15.2 Å². The number of likely N-dealkylation sites (tertiary alicyclic amines) is 1. The van der Waals surface area contributed by atoms with Crippen molar-refractivity contribution >= 4 is 39.3 Å². The van der Waals surface area contributed by atoms with Gasteiger partial charge in [-0.1, -0.05) is 23.2 Å². The Bertz CT molecular complexity index is 781. The molecule has 7 nitrogen and oxygen atoms in total. The maximum atomic E-state index is 12.4. The molecule has 1 fully saturated rings. The molecular weight excluding hydrogens is 413 g/mol. The van der Waals surface area contributed by atoms with Crippen molar-refractivity contribution in [2.24, 2.45) is 0 Å². The first-order valence-corrected chi connectivity index (χ1v) is 10.9. The number of piperidine rings is 1. The minimum atomic E-state index is -3.86. The highest BCUT2D eigenvalue weighted by molar-refractivity contribution is 7.89. The Kier molecular flexibility index (Phi) is 7.38. The highest BCUT2D eigenvalue weighted by Crippen LogP contribution is 2.24. The Labute approximate surface area is 170 Å². The number of benzene rings is 1. The zero-order valence-corrected chi connectivity index (χ0v) is 17.9. The third-order valence-corrected chi connectivity index (χ3v) is 5.99. The van der Waals surface area contributed by atoms with E-state index >= 15 is 0 Å². The van der Waals surface area contributed by atoms with Crippen LogP contribution in [0.15, 0.2) is 23.1 Å². The minimum Gasteiger partial charge on any atom is -0.444 e. The Morgan fingerprint density at radius 2 is 2.00 bits per heavy atom. The first-order valence-electron chi connectivity index (χ1n) is 8.69. The van der Waals surface area contributed by atoms with Gasteiger partial charge in [0.2, 0.25) is 0 Å². The molecule has 1 saturated heterocycles. The largest absolute Gasteiger partial charge is 0.444 e. The molecule has 1 heterocycles. The number of hydrogen-bond donors (Lipinski definition) is 2. The third kappa shape index (κ3) is 6.50. The molecule has 10 heteroatoms. The average Bonchev–Trinajstić information content (AvgIpc) is 2.53. The fraction of sp³-hybridized carbons (Fsp3) is 0.588. The lowest BCUT2D eigenvalue weighted by atomic mass is 10.0.